The van der Waals surface area contributed by atoms with Gasteiger partial charge in [0.05, 0.1) is 5.56 Å². The van der Waals surface area contributed by atoms with Gasteiger partial charge in [-0.1, -0.05) is 19.9 Å². The van der Waals surface area contributed by atoms with Gasteiger partial charge >= 0.3 is 0 Å². The van der Waals surface area contributed by atoms with Crippen LogP contribution in [-0.4, -0.2) is 10.8 Å². The molecule has 0 spiro atoms. The van der Waals surface area contributed by atoms with Gasteiger partial charge in [-0.2, -0.15) is 0 Å². The smallest absolute Gasteiger partial charge is 0.259 e. The first-order valence-corrected chi connectivity index (χ1v) is 5.67. The summed E-state index contributed by atoms with van der Waals surface area (Å²) in [4.78, 5) is 25.7. The molecule has 0 atom stereocenters. The van der Waals surface area contributed by atoms with Crippen LogP contribution in [0.25, 0.3) is 10.9 Å². The maximum atomic E-state index is 11.6. The molecule has 0 aliphatic rings. The highest BCUT2D eigenvalue weighted by atomic mass is 16.1. The predicted molar refractivity (Wildman–Crippen MR) is 68.7 cm³/mol. The highest BCUT2D eigenvalue weighted by Gasteiger charge is 2.08. The zero-order chi connectivity index (χ0) is 12.6. The van der Waals surface area contributed by atoms with E-state index in [9.17, 15) is 9.59 Å². The number of rotatable bonds is 2. The Hall–Kier alpha value is -1.90. The van der Waals surface area contributed by atoms with Gasteiger partial charge in [-0.3, -0.25) is 9.59 Å². The lowest BCUT2D eigenvalue weighted by molar-refractivity contribution is 0.101. The molecule has 88 valence electrons. The monoisotopic (exact) mass is 229 g/mol. The second kappa shape index (κ2) is 4.17. The van der Waals surface area contributed by atoms with E-state index in [1.807, 2.05) is 18.2 Å². The van der Waals surface area contributed by atoms with Crippen LogP contribution in [0, 0.1) is 0 Å². The lowest BCUT2D eigenvalue weighted by Gasteiger charge is -2.07. The molecule has 0 saturated carbocycles. The van der Waals surface area contributed by atoms with Gasteiger partial charge in [-0.05, 0) is 42.0 Å². The lowest BCUT2D eigenvalue weighted by atomic mass is 10.0. The fourth-order valence-corrected chi connectivity index (χ4v) is 1.85. The molecule has 0 aliphatic heterocycles. The molecule has 2 aromatic rings. The fourth-order valence-electron chi connectivity index (χ4n) is 1.85. The Kier molecular flexibility index (Phi) is 2.84. The predicted octanol–water partition coefficient (Wildman–Crippen LogP) is 2.85. The Morgan fingerprint density at radius 3 is 2.53 bits per heavy atom. The summed E-state index contributed by atoms with van der Waals surface area (Å²) in [5, 5.41) is 0.904. The van der Waals surface area contributed by atoms with Crippen LogP contribution in [-0.2, 0) is 0 Å². The van der Waals surface area contributed by atoms with E-state index in [4.69, 9.17) is 0 Å². The lowest BCUT2D eigenvalue weighted by Crippen LogP contribution is -2.15. The number of carbonyl (C=O) groups is 1. The number of hydrogen-bond donors (Lipinski definition) is 1. The first-order chi connectivity index (χ1) is 7.99. The molecule has 0 aliphatic carbocycles. The van der Waals surface area contributed by atoms with Gasteiger partial charge in [-0.25, -0.2) is 0 Å². The maximum Gasteiger partial charge on any atom is 0.259 e. The standard InChI is InChI=1S/C14H15NO2/c1-8(2)10-4-5-13-11(6-10)7-12(9(3)16)14(17)15-13/h4-8H,1-3H3,(H,15,17). The Bertz CT molecular complexity index is 638. The van der Waals surface area contributed by atoms with Crippen LogP contribution < -0.4 is 5.56 Å². The minimum Gasteiger partial charge on any atom is -0.321 e. The van der Waals surface area contributed by atoms with Gasteiger partial charge in [0, 0.05) is 5.52 Å². The number of Topliss-reactive ketones (excluding diaryl/α,β-unsaturated/α-hetero) is 1. The second-order valence-corrected chi connectivity index (χ2v) is 4.57. The molecule has 1 heterocycles. The van der Waals surface area contributed by atoms with Crippen molar-refractivity contribution < 1.29 is 4.79 Å². The van der Waals surface area contributed by atoms with Crippen molar-refractivity contribution >= 4 is 16.7 Å². The van der Waals surface area contributed by atoms with Gasteiger partial charge in [-0.15, -0.1) is 0 Å². The topological polar surface area (TPSA) is 49.9 Å². The van der Waals surface area contributed by atoms with Crippen molar-refractivity contribution in [2.75, 3.05) is 0 Å². The molecule has 0 bridgehead atoms. The van der Waals surface area contributed by atoms with Gasteiger partial charge in [0.25, 0.3) is 5.56 Å². The number of aromatic nitrogens is 1. The van der Waals surface area contributed by atoms with E-state index >= 15 is 0 Å². The molecule has 3 heteroatoms. The number of ketones is 1. The van der Waals surface area contributed by atoms with E-state index in [0.29, 0.717) is 5.92 Å². The number of H-pyrrole nitrogens is 1. The number of pyridine rings is 1. The van der Waals surface area contributed by atoms with Gasteiger partial charge in [0.1, 0.15) is 0 Å². The van der Waals surface area contributed by atoms with E-state index in [1.165, 1.54) is 12.5 Å². The summed E-state index contributed by atoms with van der Waals surface area (Å²) in [6.45, 7) is 5.63. The van der Waals surface area contributed by atoms with Crippen molar-refractivity contribution in [3.05, 3.63) is 45.7 Å². The molecule has 0 fully saturated rings. The maximum absolute atomic E-state index is 11.6. The number of benzene rings is 1. The highest BCUT2D eigenvalue weighted by molar-refractivity contribution is 5.97. The molecule has 1 N–H and O–H groups in total. The average Bonchev–Trinajstić information content (AvgIpc) is 2.27. The van der Waals surface area contributed by atoms with E-state index in [2.05, 4.69) is 18.8 Å². The summed E-state index contributed by atoms with van der Waals surface area (Å²) in [6, 6.07) is 7.57. The Morgan fingerprint density at radius 1 is 1.24 bits per heavy atom. The van der Waals surface area contributed by atoms with Crippen molar-refractivity contribution in [1.82, 2.24) is 4.98 Å². The summed E-state index contributed by atoms with van der Waals surface area (Å²) < 4.78 is 0. The van der Waals surface area contributed by atoms with E-state index in [-0.39, 0.29) is 16.9 Å². The highest BCUT2D eigenvalue weighted by Crippen LogP contribution is 2.19. The van der Waals surface area contributed by atoms with E-state index in [0.717, 1.165) is 10.9 Å². The van der Waals surface area contributed by atoms with Gasteiger partial charge in [0.15, 0.2) is 5.78 Å². The molecule has 17 heavy (non-hydrogen) atoms. The first-order valence-electron chi connectivity index (χ1n) is 5.67. The molecule has 0 unspecified atom stereocenters. The van der Waals surface area contributed by atoms with Crippen LogP contribution in [0.5, 0.6) is 0 Å². The molecule has 2 rings (SSSR count). The number of aromatic amines is 1. The number of hydrogen-bond acceptors (Lipinski definition) is 2. The second-order valence-electron chi connectivity index (χ2n) is 4.57. The molecular formula is C14H15NO2. The van der Waals surface area contributed by atoms with E-state index in [1.54, 1.807) is 6.07 Å². The van der Waals surface area contributed by atoms with Crippen molar-refractivity contribution in [3.63, 3.8) is 0 Å². The van der Waals surface area contributed by atoms with Crippen molar-refractivity contribution in [2.24, 2.45) is 0 Å². The van der Waals surface area contributed by atoms with Crippen LogP contribution in [0.3, 0.4) is 0 Å². The van der Waals surface area contributed by atoms with Crippen molar-refractivity contribution in [1.29, 1.82) is 0 Å². The molecule has 0 radical (unpaired) electrons. The Balaban J connectivity index is 2.72. The first kappa shape index (κ1) is 11.6. The van der Waals surface area contributed by atoms with Crippen LogP contribution in [0.15, 0.2) is 29.1 Å². The van der Waals surface area contributed by atoms with Crippen molar-refractivity contribution in [3.8, 4) is 0 Å². The third-order valence-corrected chi connectivity index (χ3v) is 2.91. The zero-order valence-electron chi connectivity index (χ0n) is 10.2. The third kappa shape index (κ3) is 2.13. The van der Waals surface area contributed by atoms with Gasteiger partial charge in [0.2, 0.25) is 0 Å². The summed E-state index contributed by atoms with van der Waals surface area (Å²) in [6.07, 6.45) is 0. The number of carbonyl (C=O) groups excluding carboxylic acids is 1. The van der Waals surface area contributed by atoms with Crippen LogP contribution in [0.1, 0.15) is 42.6 Å². The summed E-state index contributed by atoms with van der Waals surface area (Å²) in [7, 11) is 0. The molecule has 0 saturated heterocycles. The summed E-state index contributed by atoms with van der Waals surface area (Å²) >= 11 is 0. The SMILES string of the molecule is CC(=O)c1cc2cc(C(C)C)ccc2[nH]c1=O. The normalized spacial score (nSPS) is 11.1. The molecule has 0 amide bonds. The number of nitrogens with one attached hydrogen (secondary N) is 1. The van der Waals surface area contributed by atoms with Crippen LogP contribution >= 0.6 is 0 Å². The number of fused-ring (bicyclic) bond motifs is 1. The fraction of sp³-hybridized carbons (Fsp3) is 0.286. The zero-order valence-corrected chi connectivity index (χ0v) is 10.2. The summed E-state index contributed by atoms with van der Waals surface area (Å²) in [5.41, 5.74) is 1.86. The summed E-state index contributed by atoms with van der Waals surface area (Å²) in [5.74, 6) is 0.218. The molecular weight excluding hydrogens is 214 g/mol. The Morgan fingerprint density at radius 2 is 1.94 bits per heavy atom. The Labute approximate surface area is 99.5 Å². The average molecular weight is 229 g/mol. The minimum absolute atomic E-state index is 0.205. The molecule has 3 nitrogen and oxygen atoms in total. The minimum atomic E-state index is -0.317. The van der Waals surface area contributed by atoms with Crippen molar-refractivity contribution in [2.45, 2.75) is 26.7 Å². The van der Waals surface area contributed by atoms with Gasteiger partial charge < -0.3 is 4.98 Å². The molecule has 1 aromatic carbocycles. The quantitative estimate of drug-likeness (QED) is 0.805. The van der Waals surface area contributed by atoms with Crippen LogP contribution in [0.2, 0.25) is 0 Å². The third-order valence-electron chi connectivity index (χ3n) is 2.91. The molecule has 1 aromatic heterocycles. The van der Waals surface area contributed by atoms with Crippen LogP contribution in [0.4, 0.5) is 0 Å². The van der Waals surface area contributed by atoms with E-state index < -0.39 is 0 Å². The largest absolute Gasteiger partial charge is 0.321 e.